The molecule has 2 rings (SSSR count). The molecule has 88 valence electrons. The van der Waals surface area contributed by atoms with Gasteiger partial charge < -0.3 is 9.64 Å². The molecular formula is C11H16BrN3O. The topological polar surface area (TPSA) is 38.2 Å². The smallest absolute Gasteiger partial charge is 0.217 e. The summed E-state index contributed by atoms with van der Waals surface area (Å²) in [6.45, 7) is 1.93. The molecule has 4 nitrogen and oxygen atoms in total. The number of halogens is 1. The monoisotopic (exact) mass is 285 g/mol. The van der Waals surface area contributed by atoms with Crippen molar-refractivity contribution in [2.75, 3.05) is 20.2 Å². The SMILES string of the molecule is CN1CCCC1CCOc1cc(Br)ncn1. The van der Waals surface area contributed by atoms with Crippen LogP contribution < -0.4 is 4.74 Å². The number of hydrogen-bond donors (Lipinski definition) is 0. The second kappa shape index (κ2) is 5.59. The maximum atomic E-state index is 5.59. The fourth-order valence-corrected chi connectivity index (χ4v) is 2.33. The summed E-state index contributed by atoms with van der Waals surface area (Å²) in [5.41, 5.74) is 0. The van der Waals surface area contributed by atoms with Crippen molar-refractivity contribution in [1.82, 2.24) is 14.9 Å². The molecule has 1 fully saturated rings. The lowest BCUT2D eigenvalue weighted by atomic mass is 10.1. The fraction of sp³-hybridized carbons (Fsp3) is 0.636. The standard InChI is InChI=1S/C11H16BrN3O/c1-15-5-2-3-9(15)4-6-16-11-7-10(12)13-8-14-11/h7-9H,2-6H2,1H3. The van der Waals surface area contributed by atoms with Gasteiger partial charge in [-0.1, -0.05) is 0 Å². The molecule has 1 saturated heterocycles. The van der Waals surface area contributed by atoms with Crippen molar-refractivity contribution in [2.24, 2.45) is 0 Å². The quantitative estimate of drug-likeness (QED) is 0.795. The fourth-order valence-electron chi connectivity index (χ4n) is 2.04. The molecular weight excluding hydrogens is 270 g/mol. The molecule has 1 aromatic rings. The zero-order valence-electron chi connectivity index (χ0n) is 9.40. The average molecular weight is 286 g/mol. The van der Waals surface area contributed by atoms with Gasteiger partial charge in [-0.3, -0.25) is 0 Å². The number of nitrogens with zero attached hydrogens (tertiary/aromatic N) is 3. The highest BCUT2D eigenvalue weighted by Gasteiger charge is 2.20. The molecule has 1 unspecified atom stereocenters. The Balaban J connectivity index is 1.75. The normalized spacial score (nSPS) is 21.2. The van der Waals surface area contributed by atoms with Gasteiger partial charge in [-0.2, -0.15) is 0 Å². The largest absolute Gasteiger partial charge is 0.477 e. The number of aromatic nitrogens is 2. The third-order valence-electron chi connectivity index (χ3n) is 2.98. The molecule has 1 atom stereocenters. The summed E-state index contributed by atoms with van der Waals surface area (Å²) < 4.78 is 6.35. The molecule has 0 aromatic carbocycles. The van der Waals surface area contributed by atoms with Crippen molar-refractivity contribution < 1.29 is 4.74 Å². The molecule has 5 heteroatoms. The average Bonchev–Trinajstić information content (AvgIpc) is 2.65. The summed E-state index contributed by atoms with van der Waals surface area (Å²) in [5.74, 6) is 0.641. The van der Waals surface area contributed by atoms with Gasteiger partial charge in [0.2, 0.25) is 5.88 Å². The minimum Gasteiger partial charge on any atom is -0.477 e. The van der Waals surface area contributed by atoms with E-state index in [-0.39, 0.29) is 0 Å². The van der Waals surface area contributed by atoms with Crippen LogP contribution in [0.15, 0.2) is 17.0 Å². The van der Waals surface area contributed by atoms with Crippen molar-refractivity contribution in [3.63, 3.8) is 0 Å². The summed E-state index contributed by atoms with van der Waals surface area (Å²) in [6, 6.07) is 2.46. The zero-order valence-corrected chi connectivity index (χ0v) is 11.0. The Morgan fingerprint density at radius 1 is 1.56 bits per heavy atom. The first kappa shape index (κ1) is 11.8. The van der Waals surface area contributed by atoms with Gasteiger partial charge in [0.25, 0.3) is 0 Å². The summed E-state index contributed by atoms with van der Waals surface area (Å²) in [4.78, 5) is 10.4. The van der Waals surface area contributed by atoms with Crippen LogP contribution in [0.2, 0.25) is 0 Å². The van der Waals surface area contributed by atoms with Crippen molar-refractivity contribution in [1.29, 1.82) is 0 Å². The summed E-state index contributed by atoms with van der Waals surface area (Å²) in [7, 11) is 2.18. The van der Waals surface area contributed by atoms with Gasteiger partial charge in [-0.25, -0.2) is 9.97 Å². The Kier molecular flexibility index (Phi) is 4.12. The summed E-state index contributed by atoms with van der Waals surface area (Å²) in [5, 5.41) is 0. The lowest BCUT2D eigenvalue weighted by Gasteiger charge is -2.18. The van der Waals surface area contributed by atoms with Crippen LogP contribution in [0.5, 0.6) is 5.88 Å². The van der Waals surface area contributed by atoms with Crippen molar-refractivity contribution in [2.45, 2.75) is 25.3 Å². The molecule has 0 spiro atoms. The molecule has 1 aromatic heterocycles. The zero-order chi connectivity index (χ0) is 11.4. The molecule has 0 radical (unpaired) electrons. The first-order valence-electron chi connectivity index (χ1n) is 5.56. The van der Waals surface area contributed by atoms with E-state index in [1.165, 1.54) is 25.7 Å². The van der Waals surface area contributed by atoms with Gasteiger partial charge in [0.05, 0.1) is 6.61 Å². The van der Waals surface area contributed by atoms with E-state index in [0.29, 0.717) is 11.9 Å². The minimum absolute atomic E-state index is 0.641. The Labute approximate surface area is 104 Å². The van der Waals surface area contributed by atoms with Crippen LogP contribution in [0, 0.1) is 0 Å². The Bertz CT molecular complexity index is 348. The molecule has 0 aliphatic carbocycles. The molecule has 1 aliphatic heterocycles. The second-order valence-electron chi connectivity index (χ2n) is 4.09. The second-order valence-corrected chi connectivity index (χ2v) is 4.91. The predicted octanol–water partition coefficient (Wildman–Crippen LogP) is 2.10. The van der Waals surface area contributed by atoms with Gasteiger partial charge in [0.15, 0.2) is 0 Å². The van der Waals surface area contributed by atoms with Crippen LogP contribution in [0.1, 0.15) is 19.3 Å². The van der Waals surface area contributed by atoms with Crippen LogP contribution in [-0.4, -0.2) is 41.1 Å². The molecule has 1 aliphatic rings. The number of hydrogen-bond acceptors (Lipinski definition) is 4. The molecule has 0 bridgehead atoms. The molecule has 0 amide bonds. The predicted molar refractivity (Wildman–Crippen MR) is 65.5 cm³/mol. The lowest BCUT2D eigenvalue weighted by molar-refractivity contribution is 0.228. The van der Waals surface area contributed by atoms with E-state index in [9.17, 15) is 0 Å². The van der Waals surface area contributed by atoms with E-state index in [1.54, 1.807) is 6.07 Å². The van der Waals surface area contributed by atoms with E-state index < -0.39 is 0 Å². The van der Waals surface area contributed by atoms with Crippen LogP contribution in [0.25, 0.3) is 0 Å². The maximum absolute atomic E-state index is 5.59. The minimum atomic E-state index is 0.641. The maximum Gasteiger partial charge on any atom is 0.217 e. The highest BCUT2D eigenvalue weighted by molar-refractivity contribution is 9.10. The van der Waals surface area contributed by atoms with Gasteiger partial charge in [0.1, 0.15) is 10.9 Å². The third-order valence-corrected chi connectivity index (χ3v) is 3.41. The summed E-state index contributed by atoms with van der Waals surface area (Å²) in [6.07, 6.45) is 5.16. The summed E-state index contributed by atoms with van der Waals surface area (Å²) >= 11 is 3.29. The van der Waals surface area contributed by atoms with E-state index >= 15 is 0 Å². The number of likely N-dealkylation sites (tertiary alicyclic amines) is 1. The van der Waals surface area contributed by atoms with Gasteiger partial charge >= 0.3 is 0 Å². The molecule has 2 heterocycles. The van der Waals surface area contributed by atoms with E-state index in [1.807, 2.05) is 0 Å². The van der Waals surface area contributed by atoms with Crippen molar-refractivity contribution in [3.05, 3.63) is 17.0 Å². The lowest BCUT2D eigenvalue weighted by Crippen LogP contribution is -2.26. The molecule has 0 saturated carbocycles. The van der Waals surface area contributed by atoms with Crippen LogP contribution >= 0.6 is 15.9 Å². The first-order valence-corrected chi connectivity index (χ1v) is 6.35. The number of ether oxygens (including phenoxy) is 1. The van der Waals surface area contributed by atoms with Crippen LogP contribution in [0.4, 0.5) is 0 Å². The van der Waals surface area contributed by atoms with Crippen LogP contribution in [-0.2, 0) is 0 Å². The van der Waals surface area contributed by atoms with Gasteiger partial charge in [-0.15, -0.1) is 0 Å². The van der Waals surface area contributed by atoms with E-state index in [4.69, 9.17) is 4.74 Å². The Hall–Kier alpha value is -0.680. The Morgan fingerprint density at radius 2 is 2.44 bits per heavy atom. The first-order chi connectivity index (χ1) is 7.75. The number of rotatable bonds is 4. The van der Waals surface area contributed by atoms with Gasteiger partial charge in [-0.05, 0) is 48.8 Å². The molecule has 0 N–H and O–H groups in total. The van der Waals surface area contributed by atoms with Crippen LogP contribution in [0.3, 0.4) is 0 Å². The van der Waals surface area contributed by atoms with E-state index in [0.717, 1.165) is 17.6 Å². The molecule has 16 heavy (non-hydrogen) atoms. The highest BCUT2D eigenvalue weighted by atomic mass is 79.9. The van der Waals surface area contributed by atoms with Gasteiger partial charge in [0, 0.05) is 12.1 Å². The van der Waals surface area contributed by atoms with E-state index in [2.05, 4.69) is 37.8 Å². The third kappa shape index (κ3) is 3.15. The van der Waals surface area contributed by atoms with Crippen molar-refractivity contribution >= 4 is 15.9 Å². The highest BCUT2D eigenvalue weighted by Crippen LogP contribution is 2.18. The van der Waals surface area contributed by atoms with Crippen molar-refractivity contribution in [3.8, 4) is 5.88 Å². The Morgan fingerprint density at radius 3 is 3.12 bits per heavy atom.